The van der Waals surface area contributed by atoms with E-state index in [4.69, 9.17) is 28.3 Å². The number of nitrogens with one attached hydrogen (secondary N) is 1. The monoisotopic (exact) mass is 265 g/mol. The summed E-state index contributed by atoms with van der Waals surface area (Å²) >= 11 is 10.7. The molecule has 1 atom stereocenters. The second-order valence-electron chi connectivity index (χ2n) is 3.15. The lowest BCUT2D eigenvalue weighted by atomic mass is 10.1. The van der Waals surface area contributed by atoms with Gasteiger partial charge in [0.05, 0.1) is 6.42 Å². The van der Waals surface area contributed by atoms with Crippen LogP contribution in [0.25, 0.3) is 0 Å². The Balaban J connectivity index is 2.48. The number of hydrogen-bond donors (Lipinski definition) is 2. The van der Waals surface area contributed by atoms with Crippen LogP contribution < -0.4 is 5.32 Å². The molecule has 88 valence electrons. The van der Waals surface area contributed by atoms with Crippen molar-refractivity contribution in [1.29, 1.82) is 0 Å². The molecule has 6 heteroatoms. The Kier molecular flexibility index (Phi) is 4.99. The van der Waals surface area contributed by atoms with Crippen LogP contribution in [0, 0.1) is 5.82 Å². The van der Waals surface area contributed by atoms with Gasteiger partial charge in [0.15, 0.2) is 11.1 Å². The molecule has 0 bridgehead atoms. The Hall–Kier alpha value is -0.840. The first-order valence-corrected chi connectivity index (χ1v) is 5.36. The van der Waals surface area contributed by atoms with Gasteiger partial charge in [0.25, 0.3) is 0 Å². The molecule has 3 nitrogen and oxygen atoms in total. The van der Waals surface area contributed by atoms with E-state index in [2.05, 4.69) is 5.32 Å². The third-order valence-corrected chi connectivity index (χ3v) is 2.30. The zero-order valence-electron chi connectivity index (χ0n) is 8.16. The molecule has 1 rings (SSSR count). The normalized spacial score (nSPS) is 12.6. The third kappa shape index (κ3) is 4.35. The van der Waals surface area contributed by atoms with Gasteiger partial charge in [0.2, 0.25) is 5.91 Å². The highest BCUT2D eigenvalue weighted by atomic mass is 35.5. The number of carbonyl (C=O) groups is 1. The van der Waals surface area contributed by atoms with Crippen molar-refractivity contribution in [3.8, 4) is 0 Å². The van der Waals surface area contributed by atoms with Gasteiger partial charge in [-0.2, -0.15) is 0 Å². The summed E-state index contributed by atoms with van der Waals surface area (Å²) in [6, 6.07) is 5.48. The molecule has 16 heavy (non-hydrogen) atoms. The van der Waals surface area contributed by atoms with Crippen LogP contribution in [-0.2, 0) is 11.2 Å². The molecule has 1 amide bonds. The minimum Gasteiger partial charge on any atom is -0.371 e. The number of amides is 1. The second-order valence-corrected chi connectivity index (χ2v) is 4.31. The number of halogens is 3. The maximum absolute atomic E-state index is 12.6. The molecule has 2 N–H and O–H groups in total. The first kappa shape index (κ1) is 13.2. The van der Waals surface area contributed by atoms with E-state index in [9.17, 15) is 9.18 Å². The van der Waals surface area contributed by atoms with Gasteiger partial charge in [0.1, 0.15) is 5.82 Å². The van der Waals surface area contributed by atoms with Crippen LogP contribution in [0.15, 0.2) is 24.3 Å². The van der Waals surface area contributed by atoms with Gasteiger partial charge in [0, 0.05) is 0 Å². The maximum Gasteiger partial charge on any atom is 0.226 e. The Morgan fingerprint density at radius 3 is 2.44 bits per heavy atom. The Morgan fingerprint density at radius 2 is 1.94 bits per heavy atom. The predicted molar refractivity (Wildman–Crippen MR) is 59.7 cm³/mol. The SMILES string of the molecule is O=C(Cc1ccc(F)cc1)NC(O)C(Cl)Cl. The van der Waals surface area contributed by atoms with Crippen LogP contribution in [0.5, 0.6) is 0 Å². The molecule has 0 saturated carbocycles. The molecule has 0 aliphatic heterocycles. The molecule has 0 spiro atoms. The summed E-state index contributed by atoms with van der Waals surface area (Å²) in [5.74, 6) is -0.809. The van der Waals surface area contributed by atoms with Crippen LogP contribution in [0.3, 0.4) is 0 Å². The van der Waals surface area contributed by atoms with Gasteiger partial charge in [-0.05, 0) is 17.7 Å². The minimum atomic E-state index is -1.31. The maximum atomic E-state index is 12.6. The fourth-order valence-electron chi connectivity index (χ4n) is 1.07. The van der Waals surface area contributed by atoms with Crippen LogP contribution in [-0.4, -0.2) is 22.1 Å². The number of benzene rings is 1. The highest BCUT2D eigenvalue weighted by Gasteiger charge is 2.15. The van der Waals surface area contributed by atoms with Crippen LogP contribution in [0.4, 0.5) is 4.39 Å². The number of hydrogen-bond acceptors (Lipinski definition) is 2. The quantitative estimate of drug-likeness (QED) is 0.642. The molecule has 0 aromatic heterocycles. The summed E-state index contributed by atoms with van der Waals surface area (Å²) in [7, 11) is 0. The summed E-state index contributed by atoms with van der Waals surface area (Å²) < 4.78 is 12.6. The number of alkyl halides is 2. The smallest absolute Gasteiger partial charge is 0.226 e. The molecule has 0 aliphatic rings. The highest BCUT2D eigenvalue weighted by molar-refractivity contribution is 6.44. The lowest BCUT2D eigenvalue weighted by molar-refractivity contribution is -0.123. The lowest BCUT2D eigenvalue weighted by Crippen LogP contribution is -2.39. The molecule has 0 aliphatic carbocycles. The zero-order chi connectivity index (χ0) is 12.1. The number of carbonyl (C=O) groups excluding carboxylic acids is 1. The Morgan fingerprint density at radius 1 is 1.38 bits per heavy atom. The van der Waals surface area contributed by atoms with Crippen molar-refractivity contribution >= 4 is 29.1 Å². The van der Waals surface area contributed by atoms with E-state index in [1.54, 1.807) is 0 Å². The van der Waals surface area contributed by atoms with E-state index >= 15 is 0 Å². The van der Waals surface area contributed by atoms with E-state index in [1.165, 1.54) is 24.3 Å². The van der Waals surface area contributed by atoms with Gasteiger partial charge in [-0.15, -0.1) is 23.2 Å². The largest absolute Gasteiger partial charge is 0.371 e. The molecular formula is C10H10Cl2FNO2. The first-order valence-electron chi connectivity index (χ1n) is 4.49. The summed E-state index contributed by atoms with van der Waals surface area (Å²) in [4.78, 5) is 10.2. The van der Waals surface area contributed by atoms with Crippen molar-refractivity contribution in [2.24, 2.45) is 0 Å². The van der Waals surface area contributed by atoms with E-state index in [-0.39, 0.29) is 12.2 Å². The van der Waals surface area contributed by atoms with Crippen LogP contribution in [0.2, 0.25) is 0 Å². The highest BCUT2D eigenvalue weighted by Crippen LogP contribution is 2.07. The molecule has 1 aromatic rings. The third-order valence-electron chi connectivity index (χ3n) is 1.83. The van der Waals surface area contributed by atoms with E-state index < -0.39 is 17.0 Å². The minimum absolute atomic E-state index is 0.0256. The molecule has 0 radical (unpaired) electrons. The molecule has 0 saturated heterocycles. The van der Waals surface area contributed by atoms with E-state index in [0.717, 1.165) is 0 Å². The fraction of sp³-hybridized carbons (Fsp3) is 0.300. The first-order chi connectivity index (χ1) is 7.49. The topological polar surface area (TPSA) is 49.3 Å². The lowest BCUT2D eigenvalue weighted by Gasteiger charge is -2.13. The average molecular weight is 266 g/mol. The van der Waals surface area contributed by atoms with Crippen molar-refractivity contribution in [3.05, 3.63) is 35.6 Å². The molecule has 0 fully saturated rings. The summed E-state index contributed by atoms with van der Waals surface area (Å²) in [5.41, 5.74) is 0.631. The van der Waals surface area contributed by atoms with Gasteiger partial charge in [-0.1, -0.05) is 12.1 Å². The van der Waals surface area contributed by atoms with Crippen molar-refractivity contribution in [2.75, 3.05) is 0 Å². The number of aliphatic hydroxyl groups excluding tert-OH is 1. The summed E-state index contributed by atoms with van der Waals surface area (Å²) in [5, 5.41) is 11.4. The summed E-state index contributed by atoms with van der Waals surface area (Å²) in [6.45, 7) is 0. The molecule has 0 heterocycles. The zero-order valence-corrected chi connectivity index (χ0v) is 9.67. The van der Waals surface area contributed by atoms with Crippen molar-refractivity contribution in [2.45, 2.75) is 17.5 Å². The molecule has 1 unspecified atom stereocenters. The summed E-state index contributed by atoms with van der Waals surface area (Å²) in [6.07, 6.45) is -1.28. The average Bonchev–Trinajstić information content (AvgIpc) is 2.21. The van der Waals surface area contributed by atoms with Gasteiger partial charge in [-0.3, -0.25) is 4.79 Å². The molecule has 1 aromatic carbocycles. The standard InChI is InChI=1S/C10H10Cl2FNO2/c11-9(12)10(16)14-8(15)5-6-1-3-7(13)4-2-6/h1-4,9-10,16H,5H2,(H,14,15). The van der Waals surface area contributed by atoms with E-state index in [0.29, 0.717) is 5.56 Å². The van der Waals surface area contributed by atoms with Gasteiger partial charge in [-0.25, -0.2) is 4.39 Å². The van der Waals surface area contributed by atoms with Crippen LogP contribution >= 0.6 is 23.2 Å². The number of aliphatic hydroxyl groups is 1. The number of rotatable bonds is 4. The van der Waals surface area contributed by atoms with Crippen molar-refractivity contribution < 1.29 is 14.3 Å². The van der Waals surface area contributed by atoms with Gasteiger partial charge >= 0.3 is 0 Å². The second kappa shape index (κ2) is 6.03. The fourth-order valence-corrected chi connectivity index (χ4v) is 1.19. The van der Waals surface area contributed by atoms with Crippen LogP contribution in [0.1, 0.15) is 5.56 Å². The Bertz CT molecular complexity index is 356. The van der Waals surface area contributed by atoms with Gasteiger partial charge < -0.3 is 10.4 Å². The van der Waals surface area contributed by atoms with Crippen molar-refractivity contribution in [1.82, 2.24) is 5.32 Å². The predicted octanol–water partition coefficient (Wildman–Crippen LogP) is 1.61. The van der Waals surface area contributed by atoms with E-state index in [1.807, 2.05) is 0 Å². The molecular weight excluding hydrogens is 256 g/mol. The Labute approximate surface area is 102 Å². The van der Waals surface area contributed by atoms with Crippen molar-refractivity contribution in [3.63, 3.8) is 0 Å².